The van der Waals surface area contributed by atoms with Crippen LogP contribution in [0.25, 0.3) is 60.4 Å². The van der Waals surface area contributed by atoms with Gasteiger partial charge in [0.25, 0.3) is 0 Å². The van der Waals surface area contributed by atoms with Crippen molar-refractivity contribution in [2.24, 2.45) is 5.41 Å². The fourth-order valence-electron chi connectivity index (χ4n) is 9.16. The molecule has 2 nitrogen and oxygen atoms in total. The standard InChI is InChI=1S/C31H19N.C16H17N.C5H12/c1-4-14-24-20(10-1)21-11-2-5-15-25(21)31(24)26-16-6-8-19-29(26)32-28-18-7-3-12-22(28)23-13-9-17-27(31)30(23)32;1-16(2,3)17-14-10-6-4-8-12(14)13-9-5-7-11-15(13)17;1-5(2,3)4/h1-19H;4-11H,1-3H3;1-4H3. The second kappa shape index (κ2) is 12.4. The molecular formula is C52H48N2. The third-order valence-corrected chi connectivity index (χ3v) is 10.9. The van der Waals surface area contributed by atoms with Crippen LogP contribution in [0.2, 0.25) is 0 Å². The molecule has 0 saturated carbocycles. The molecule has 0 N–H and O–H groups in total. The summed E-state index contributed by atoms with van der Waals surface area (Å²) in [4.78, 5) is 0. The molecule has 0 radical (unpaired) electrons. The van der Waals surface area contributed by atoms with Crippen LogP contribution in [0.15, 0.2) is 164 Å². The van der Waals surface area contributed by atoms with Crippen LogP contribution in [0, 0.1) is 5.41 Å². The predicted octanol–water partition coefficient (Wildman–Crippen LogP) is 14.1. The first-order valence-electron chi connectivity index (χ1n) is 19.3. The van der Waals surface area contributed by atoms with E-state index in [4.69, 9.17) is 0 Å². The van der Waals surface area contributed by atoms with E-state index in [9.17, 15) is 0 Å². The van der Waals surface area contributed by atoms with Gasteiger partial charge in [-0.2, -0.15) is 0 Å². The van der Waals surface area contributed by atoms with Crippen molar-refractivity contribution in [3.05, 3.63) is 186 Å². The van der Waals surface area contributed by atoms with Crippen molar-refractivity contribution in [3.63, 3.8) is 0 Å². The Kier molecular flexibility index (Phi) is 7.76. The Morgan fingerprint density at radius 1 is 0.370 bits per heavy atom. The molecule has 0 bridgehead atoms. The minimum absolute atomic E-state index is 0.0999. The Bertz CT molecular complexity index is 2760. The van der Waals surface area contributed by atoms with Gasteiger partial charge in [-0.05, 0) is 83.8 Å². The molecule has 266 valence electrons. The van der Waals surface area contributed by atoms with E-state index >= 15 is 0 Å². The lowest BCUT2D eigenvalue weighted by molar-refractivity contribution is 0.423. The van der Waals surface area contributed by atoms with Gasteiger partial charge < -0.3 is 9.13 Å². The highest BCUT2D eigenvalue weighted by Crippen LogP contribution is 2.60. The van der Waals surface area contributed by atoms with Gasteiger partial charge in [0.05, 0.1) is 22.1 Å². The van der Waals surface area contributed by atoms with Gasteiger partial charge in [-0.3, -0.25) is 0 Å². The topological polar surface area (TPSA) is 9.86 Å². The lowest BCUT2D eigenvalue weighted by Crippen LogP contribution is -2.33. The van der Waals surface area contributed by atoms with Crippen molar-refractivity contribution in [2.45, 2.75) is 59.4 Å². The van der Waals surface area contributed by atoms with Crippen molar-refractivity contribution >= 4 is 43.6 Å². The van der Waals surface area contributed by atoms with E-state index in [2.05, 4.69) is 221 Å². The van der Waals surface area contributed by atoms with Gasteiger partial charge in [0, 0.05) is 38.1 Å². The summed E-state index contributed by atoms with van der Waals surface area (Å²) >= 11 is 0. The van der Waals surface area contributed by atoms with Crippen LogP contribution < -0.4 is 0 Å². The second-order valence-corrected chi connectivity index (χ2v) is 17.5. The summed E-state index contributed by atoms with van der Waals surface area (Å²) in [6, 6.07) is 60.0. The molecule has 9 aromatic rings. The van der Waals surface area contributed by atoms with Crippen LogP contribution >= 0.6 is 0 Å². The van der Waals surface area contributed by atoms with Gasteiger partial charge in [-0.15, -0.1) is 0 Å². The maximum absolute atomic E-state index is 2.49. The number of benzene rings is 7. The fraction of sp³-hybridized carbons (Fsp3) is 0.192. The number of rotatable bonds is 0. The highest BCUT2D eigenvalue weighted by molar-refractivity contribution is 6.13. The summed E-state index contributed by atoms with van der Waals surface area (Å²) in [6.45, 7) is 15.5. The van der Waals surface area contributed by atoms with Gasteiger partial charge in [-0.25, -0.2) is 0 Å². The highest BCUT2D eigenvalue weighted by atomic mass is 15.0. The Morgan fingerprint density at radius 3 is 1.30 bits per heavy atom. The van der Waals surface area contributed by atoms with Crippen LogP contribution in [0.5, 0.6) is 0 Å². The van der Waals surface area contributed by atoms with E-state index in [1.54, 1.807) is 0 Å². The molecule has 2 heteroatoms. The van der Waals surface area contributed by atoms with E-state index < -0.39 is 0 Å². The molecule has 0 saturated heterocycles. The summed E-state index contributed by atoms with van der Waals surface area (Å²) in [5.41, 5.74) is 15.0. The van der Waals surface area contributed by atoms with E-state index in [0.717, 1.165) is 0 Å². The van der Waals surface area contributed by atoms with Crippen LogP contribution in [-0.2, 0) is 11.0 Å². The minimum Gasteiger partial charge on any atom is -0.335 e. The summed E-state index contributed by atoms with van der Waals surface area (Å²) in [5, 5.41) is 5.33. The van der Waals surface area contributed by atoms with Crippen LogP contribution in [-0.4, -0.2) is 9.13 Å². The zero-order chi connectivity index (χ0) is 37.4. The Morgan fingerprint density at radius 2 is 0.759 bits per heavy atom. The molecule has 11 rings (SSSR count). The van der Waals surface area contributed by atoms with Crippen molar-refractivity contribution in [1.82, 2.24) is 9.13 Å². The first kappa shape index (κ1) is 33.9. The van der Waals surface area contributed by atoms with Gasteiger partial charge in [0.2, 0.25) is 0 Å². The van der Waals surface area contributed by atoms with Gasteiger partial charge in [0.1, 0.15) is 0 Å². The first-order valence-corrected chi connectivity index (χ1v) is 19.3. The Labute approximate surface area is 319 Å². The van der Waals surface area contributed by atoms with E-state index in [1.165, 1.54) is 82.7 Å². The Hall–Kier alpha value is -5.86. The molecule has 3 heterocycles. The summed E-state index contributed by atoms with van der Waals surface area (Å²) < 4.78 is 4.92. The van der Waals surface area contributed by atoms with Crippen LogP contribution in [0.4, 0.5) is 0 Å². The van der Waals surface area contributed by atoms with E-state index in [0.29, 0.717) is 5.41 Å². The summed E-state index contributed by atoms with van der Waals surface area (Å²) in [5.74, 6) is 0. The molecule has 0 amide bonds. The van der Waals surface area contributed by atoms with Crippen LogP contribution in [0.1, 0.15) is 70.7 Å². The van der Waals surface area contributed by atoms with Crippen molar-refractivity contribution < 1.29 is 0 Å². The zero-order valence-corrected chi connectivity index (χ0v) is 32.5. The lowest BCUT2D eigenvalue weighted by atomic mass is 9.65. The lowest BCUT2D eigenvalue weighted by Gasteiger charge is -2.39. The molecule has 1 aliphatic heterocycles. The molecule has 0 unspecified atom stereocenters. The molecule has 0 fully saturated rings. The molecule has 1 spiro atoms. The molecule has 1 aliphatic carbocycles. The van der Waals surface area contributed by atoms with Gasteiger partial charge in [0.15, 0.2) is 0 Å². The summed E-state index contributed by atoms with van der Waals surface area (Å²) in [7, 11) is 0. The molecule has 2 aromatic heterocycles. The third kappa shape index (κ3) is 5.07. The minimum atomic E-state index is -0.312. The molecule has 2 aliphatic rings. The van der Waals surface area contributed by atoms with Crippen LogP contribution in [0.3, 0.4) is 0 Å². The van der Waals surface area contributed by atoms with Gasteiger partial charge in [-0.1, -0.05) is 167 Å². The monoisotopic (exact) mass is 700 g/mol. The maximum Gasteiger partial charge on any atom is 0.0754 e. The summed E-state index contributed by atoms with van der Waals surface area (Å²) in [6.07, 6.45) is 0. The smallest absolute Gasteiger partial charge is 0.0754 e. The maximum atomic E-state index is 2.49. The second-order valence-electron chi connectivity index (χ2n) is 17.5. The Balaban J connectivity index is 0.000000147. The SMILES string of the molecule is CC(C)(C)C.CC(C)(C)n1c2ccccc2c2ccccc21.c1ccc2c(c1)-c1ccccc1C21c2ccccc2-n2c3ccccc3c3cccc1c32. The first-order chi connectivity index (χ1) is 26.0. The third-order valence-electron chi connectivity index (χ3n) is 10.9. The largest absolute Gasteiger partial charge is 0.335 e. The quantitative estimate of drug-likeness (QED) is 0.149. The number of nitrogens with zero attached hydrogens (tertiary/aromatic N) is 2. The fourth-order valence-corrected chi connectivity index (χ4v) is 9.16. The normalized spacial score (nSPS) is 13.6. The number of hydrogen-bond donors (Lipinski definition) is 0. The van der Waals surface area contributed by atoms with Crippen molar-refractivity contribution in [3.8, 4) is 16.8 Å². The molecular weight excluding hydrogens is 653 g/mol. The number of hydrogen-bond acceptors (Lipinski definition) is 0. The number of para-hydroxylation sites is 5. The predicted molar refractivity (Wildman–Crippen MR) is 231 cm³/mol. The highest BCUT2D eigenvalue weighted by Gasteiger charge is 2.50. The average Bonchev–Trinajstić information content (AvgIpc) is 3.79. The van der Waals surface area contributed by atoms with E-state index in [1.807, 2.05) is 0 Å². The molecule has 7 aromatic carbocycles. The zero-order valence-electron chi connectivity index (χ0n) is 32.5. The van der Waals surface area contributed by atoms with Crippen molar-refractivity contribution in [1.29, 1.82) is 0 Å². The average molecular weight is 701 g/mol. The van der Waals surface area contributed by atoms with E-state index in [-0.39, 0.29) is 11.0 Å². The number of fused-ring (bicyclic) bond motifs is 15. The molecule has 0 atom stereocenters. The van der Waals surface area contributed by atoms with Crippen molar-refractivity contribution in [2.75, 3.05) is 0 Å². The molecule has 54 heavy (non-hydrogen) atoms. The number of aromatic nitrogens is 2. The van der Waals surface area contributed by atoms with Gasteiger partial charge >= 0.3 is 0 Å².